The third-order valence-corrected chi connectivity index (χ3v) is 4.60. The van der Waals surface area contributed by atoms with Crippen molar-refractivity contribution in [1.29, 1.82) is 0 Å². The van der Waals surface area contributed by atoms with Gasteiger partial charge in [0.15, 0.2) is 5.13 Å². The van der Waals surface area contributed by atoms with Gasteiger partial charge in [-0.2, -0.15) is 0 Å². The normalized spacial score (nSPS) is 10.7. The molecule has 0 aliphatic rings. The van der Waals surface area contributed by atoms with Gasteiger partial charge >= 0.3 is 0 Å². The van der Waals surface area contributed by atoms with Crippen molar-refractivity contribution in [3.63, 3.8) is 0 Å². The van der Waals surface area contributed by atoms with Gasteiger partial charge in [0, 0.05) is 6.42 Å². The molecule has 3 rings (SSSR count). The number of amides is 1. The van der Waals surface area contributed by atoms with Crippen LogP contribution in [0.2, 0.25) is 0 Å². The Morgan fingerprint density at radius 3 is 2.70 bits per heavy atom. The van der Waals surface area contributed by atoms with Crippen molar-refractivity contribution in [3.05, 3.63) is 53.6 Å². The van der Waals surface area contributed by atoms with E-state index in [0.29, 0.717) is 18.0 Å². The summed E-state index contributed by atoms with van der Waals surface area (Å²) in [4.78, 5) is 16.6. The van der Waals surface area contributed by atoms with Crippen LogP contribution < -0.4 is 10.1 Å². The predicted octanol–water partition coefficient (Wildman–Crippen LogP) is 4.18. The average Bonchev–Trinajstić information content (AvgIpc) is 2.97. The molecule has 0 saturated carbocycles. The molecule has 4 nitrogen and oxygen atoms in total. The van der Waals surface area contributed by atoms with Crippen molar-refractivity contribution in [2.24, 2.45) is 0 Å². The van der Waals surface area contributed by atoms with E-state index in [1.165, 1.54) is 11.3 Å². The molecule has 0 radical (unpaired) electrons. The van der Waals surface area contributed by atoms with E-state index in [1.54, 1.807) is 7.11 Å². The number of thiazole rings is 1. The van der Waals surface area contributed by atoms with Crippen LogP contribution in [0.4, 0.5) is 5.13 Å². The molecular formula is C18H18N2O2S. The number of anilines is 1. The van der Waals surface area contributed by atoms with Gasteiger partial charge in [-0.1, -0.05) is 35.6 Å². The fourth-order valence-corrected chi connectivity index (χ4v) is 3.33. The third kappa shape index (κ3) is 3.68. The fraction of sp³-hybridized carbons (Fsp3) is 0.222. The number of carbonyl (C=O) groups excluding carboxylic acids is 1. The van der Waals surface area contributed by atoms with Gasteiger partial charge in [0.2, 0.25) is 5.91 Å². The number of rotatable bonds is 5. The molecule has 0 spiro atoms. The minimum Gasteiger partial charge on any atom is -0.497 e. The fourth-order valence-electron chi connectivity index (χ4n) is 2.37. The molecule has 0 atom stereocenters. The molecule has 0 bridgehead atoms. The summed E-state index contributed by atoms with van der Waals surface area (Å²) in [5.41, 5.74) is 3.20. The van der Waals surface area contributed by atoms with Gasteiger partial charge in [0.1, 0.15) is 5.75 Å². The first-order valence-electron chi connectivity index (χ1n) is 7.44. The van der Waals surface area contributed by atoms with Crippen LogP contribution in [0.5, 0.6) is 5.75 Å². The SMILES string of the molecule is COc1ccc(CCC(=O)Nc2nc3c(C)cccc3s2)cc1. The second-order valence-electron chi connectivity index (χ2n) is 5.34. The van der Waals surface area contributed by atoms with E-state index >= 15 is 0 Å². The van der Waals surface area contributed by atoms with Gasteiger partial charge < -0.3 is 10.1 Å². The van der Waals surface area contributed by atoms with E-state index in [0.717, 1.165) is 27.1 Å². The van der Waals surface area contributed by atoms with Crippen LogP contribution >= 0.6 is 11.3 Å². The average molecular weight is 326 g/mol. The maximum atomic E-state index is 12.1. The molecule has 5 heteroatoms. The summed E-state index contributed by atoms with van der Waals surface area (Å²) >= 11 is 1.51. The molecule has 1 amide bonds. The van der Waals surface area contributed by atoms with Gasteiger partial charge in [-0.3, -0.25) is 4.79 Å². The van der Waals surface area contributed by atoms with Crippen LogP contribution in [0.25, 0.3) is 10.2 Å². The van der Waals surface area contributed by atoms with Gasteiger partial charge in [-0.15, -0.1) is 0 Å². The molecule has 118 valence electrons. The van der Waals surface area contributed by atoms with Gasteiger partial charge in [0.25, 0.3) is 0 Å². The first-order chi connectivity index (χ1) is 11.2. The van der Waals surface area contributed by atoms with E-state index in [1.807, 2.05) is 49.4 Å². The van der Waals surface area contributed by atoms with Gasteiger partial charge in [-0.05, 0) is 42.7 Å². The Balaban J connectivity index is 1.60. The number of methoxy groups -OCH3 is 1. The Kier molecular flexibility index (Phi) is 4.57. The Morgan fingerprint density at radius 2 is 2.00 bits per heavy atom. The highest BCUT2D eigenvalue weighted by atomic mass is 32.1. The Labute approximate surface area is 139 Å². The molecule has 1 aromatic heterocycles. The van der Waals surface area contributed by atoms with Crippen molar-refractivity contribution in [3.8, 4) is 5.75 Å². The van der Waals surface area contributed by atoms with Crippen LogP contribution in [0.1, 0.15) is 17.5 Å². The second kappa shape index (κ2) is 6.79. The summed E-state index contributed by atoms with van der Waals surface area (Å²) in [5.74, 6) is 0.806. The van der Waals surface area contributed by atoms with E-state index in [2.05, 4.69) is 10.3 Å². The number of fused-ring (bicyclic) bond motifs is 1. The Bertz CT molecular complexity index is 825. The smallest absolute Gasteiger partial charge is 0.226 e. The molecule has 1 heterocycles. The molecular weight excluding hydrogens is 308 g/mol. The number of benzene rings is 2. The van der Waals surface area contributed by atoms with Crippen LogP contribution in [0.3, 0.4) is 0 Å². The lowest BCUT2D eigenvalue weighted by atomic mass is 10.1. The van der Waals surface area contributed by atoms with E-state index in [-0.39, 0.29) is 5.91 Å². The molecule has 23 heavy (non-hydrogen) atoms. The van der Waals surface area contributed by atoms with Crippen molar-refractivity contribution >= 4 is 32.6 Å². The zero-order valence-corrected chi connectivity index (χ0v) is 13.9. The van der Waals surface area contributed by atoms with Gasteiger partial charge in [-0.25, -0.2) is 4.98 Å². The predicted molar refractivity (Wildman–Crippen MR) is 94.3 cm³/mol. The van der Waals surface area contributed by atoms with Gasteiger partial charge in [0.05, 0.1) is 17.3 Å². The largest absolute Gasteiger partial charge is 0.497 e. The Hall–Kier alpha value is -2.40. The van der Waals surface area contributed by atoms with E-state index in [4.69, 9.17) is 4.74 Å². The number of aryl methyl sites for hydroxylation is 2. The standard InChI is InChI=1S/C18H18N2O2S/c1-12-4-3-5-15-17(12)20-18(23-15)19-16(21)11-8-13-6-9-14(22-2)10-7-13/h3-7,9-10H,8,11H2,1-2H3,(H,19,20,21). The highest BCUT2D eigenvalue weighted by molar-refractivity contribution is 7.22. The second-order valence-corrected chi connectivity index (χ2v) is 6.37. The molecule has 0 aliphatic heterocycles. The van der Waals surface area contributed by atoms with Crippen molar-refractivity contribution in [1.82, 2.24) is 4.98 Å². The molecule has 3 aromatic rings. The summed E-state index contributed by atoms with van der Waals surface area (Å²) < 4.78 is 6.22. The van der Waals surface area contributed by atoms with Crippen LogP contribution in [-0.2, 0) is 11.2 Å². The van der Waals surface area contributed by atoms with Crippen LogP contribution in [0, 0.1) is 6.92 Å². The zero-order valence-electron chi connectivity index (χ0n) is 13.1. The van der Waals surface area contributed by atoms with Crippen molar-refractivity contribution < 1.29 is 9.53 Å². The third-order valence-electron chi connectivity index (χ3n) is 3.67. The number of ether oxygens (including phenoxy) is 1. The summed E-state index contributed by atoms with van der Waals surface area (Å²) in [6.07, 6.45) is 1.13. The number of nitrogens with zero attached hydrogens (tertiary/aromatic N) is 1. The quantitative estimate of drug-likeness (QED) is 0.765. The number of para-hydroxylation sites is 1. The summed E-state index contributed by atoms with van der Waals surface area (Å²) in [7, 11) is 1.64. The first-order valence-corrected chi connectivity index (χ1v) is 8.26. The highest BCUT2D eigenvalue weighted by Crippen LogP contribution is 2.28. The van der Waals surface area contributed by atoms with Crippen LogP contribution in [-0.4, -0.2) is 18.0 Å². The lowest BCUT2D eigenvalue weighted by Crippen LogP contribution is -2.12. The molecule has 0 aliphatic carbocycles. The minimum atomic E-state index is -0.0162. The van der Waals surface area contributed by atoms with E-state index < -0.39 is 0 Å². The maximum absolute atomic E-state index is 12.1. The van der Waals surface area contributed by atoms with Crippen molar-refractivity contribution in [2.75, 3.05) is 12.4 Å². The summed E-state index contributed by atoms with van der Waals surface area (Å²) in [6, 6.07) is 13.8. The monoisotopic (exact) mass is 326 g/mol. The molecule has 0 fully saturated rings. The number of hydrogen-bond donors (Lipinski definition) is 1. The zero-order chi connectivity index (χ0) is 16.2. The van der Waals surface area contributed by atoms with Crippen molar-refractivity contribution in [2.45, 2.75) is 19.8 Å². The number of aromatic nitrogens is 1. The molecule has 1 N–H and O–H groups in total. The molecule has 0 unspecified atom stereocenters. The first kappa shape index (κ1) is 15.5. The lowest BCUT2D eigenvalue weighted by molar-refractivity contribution is -0.116. The minimum absolute atomic E-state index is 0.0162. The molecule has 2 aromatic carbocycles. The van der Waals surface area contributed by atoms with E-state index in [9.17, 15) is 4.79 Å². The number of hydrogen-bond acceptors (Lipinski definition) is 4. The summed E-state index contributed by atoms with van der Waals surface area (Å²) in [6.45, 7) is 2.03. The topological polar surface area (TPSA) is 51.2 Å². The van der Waals surface area contributed by atoms with Crippen LogP contribution in [0.15, 0.2) is 42.5 Å². The lowest BCUT2D eigenvalue weighted by Gasteiger charge is -2.04. The highest BCUT2D eigenvalue weighted by Gasteiger charge is 2.09. The number of nitrogens with one attached hydrogen (secondary N) is 1. The Morgan fingerprint density at radius 1 is 1.22 bits per heavy atom. The number of carbonyl (C=O) groups is 1. The summed E-state index contributed by atoms with van der Waals surface area (Å²) in [5, 5.41) is 3.56. The maximum Gasteiger partial charge on any atom is 0.226 e. The molecule has 0 saturated heterocycles.